The minimum absolute atomic E-state index is 0. The van der Waals surface area contributed by atoms with Gasteiger partial charge in [-0.1, -0.05) is 24.3 Å². The highest BCUT2D eigenvalue weighted by atomic mass is 127. The molecule has 0 amide bonds. The van der Waals surface area contributed by atoms with E-state index in [-0.39, 0.29) is 35.6 Å². The van der Waals surface area contributed by atoms with E-state index in [9.17, 15) is 8.78 Å². The van der Waals surface area contributed by atoms with Gasteiger partial charge < -0.3 is 15.2 Å². The van der Waals surface area contributed by atoms with Crippen molar-refractivity contribution in [3.63, 3.8) is 0 Å². The van der Waals surface area contributed by atoms with E-state index in [1.54, 1.807) is 41.5 Å². The Labute approximate surface area is 186 Å². The summed E-state index contributed by atoms with van der Waals surface area (Å²) in [4.78, 5) is 8.42. The molecule has 0 saturated carbocycles. The Bertz CT molecular complexity index is 929. The molecule has 0 aliphatic carbocycles. The maximum atomic E-state index is 14.4. The highest BCUT2D eigenvalue weighted by molar-refractivity contribution is 14.0. The lowest BCUT2D eigenvalue weighted by Crippen LogP contribution is -2.38. The fourth-order valence-electron chi connectivity index (χ4n) is 2.79. The summed E-state index contributed by atoms with van der Waals surface area (Å²) >= 11 is 0. The van der Waals surface area contributed by atoms with Crippen LogP contribution in [0.2, 0.25) is 0 Å². The Morgan fingerprint density at radius 2 is 1.93 bits per heavy atom. The zero-order valence-corrected chi connectivity index (χ0v) is 18.4. The summed E-state index contributed by atoms with van der Waals surface area (Å²) in [6.45, 7) is 3.53. The molecule has 0 atom stereocenters. The molecule has 1 aromatic heterocycles. The Kier molecular flexibility index (Phi) is 9.04. The second-order valence-electron chi connectivity index (χ2n) is 6.22. The molecule has 0 bridgehead atoms. The van der Waals surface area contributed by atoms with E-state index in [0.29, 0.717) is 43.3 Å². The first kappa shape index (κ1) is 22.8. The number of halogens is 3. The topological polar surface area (TPSA) is 54.2 Å². The van der Waals surface area contributed by atoms with Crippen molar-refractivity contribution in [2.45, 2.75) is 19.9 Å². The van der Waals surface area contributed by atoms with Crippen LogP contribution < -0.4 is 10.6 Å². The van der Waals surface area contributed by atoms with Gasteiger partial charge in [0.1, 0.15) is 11.6 Å². The van der Waals surface area contributed by atoms with Gasteiger partial charge in [-0.3, -0.25) is 0 Å². The number of aromatic nitrogens is 2. The Morgan fingerprint density at radius 3 is 2.62 bits per heavy atom. The van der Waals surface area contributed by atoms with Gasteiger partial charge >= 0.3 is 0 Å². The molecule has 3 aromatic rings. The molecule has 8 heteroatoms. The normalized spacial score (nSPS) is 11.1. The van der Waals surface area contributed by atoms with Crippen molar-refractivity contribution in [3.8, 4) is 5.69 Å². The van der Waals surface area contributed by atoms with Gasteiger partial charge in [0.2, 0.25) is 0 Å². The van der Waals surface area contributed by atoms with Gasteiger partial charge in [0, 0.05) is 25.5 Å². The van der Waals surface area contributed by atoms with Crippen LogP contribution >= 0.6 is 24.0 Å². The van der Waals surface area contributed by atoms with Crippen LogP contribution in [-0.2, 0) is 13.0 Å². The number of nitrogens with one attached hydrogen (secondary N) is 2. The van der Waals surface area contributed by atoms with E-state index in [1.807, 2.05) is 19.1 Å². The molecule has 1 heterocycles. The number of benzene rings is 2. The lowest BCUT2D eigenvalue weighted by molar-refractivity contribution is 0.606. The van der Waals surface area contributed by atoms with E-state index in [0.717, 1.165) is 5.56 Å². The molecule has 3 rings (SSSR count). The van der Waals surface area contributed by atoms with Gasteiger partial charge in [0.05, 0.1) is 18.6 Å². The maximum Gasteiger partial charge on any atom is 0.191 e. The minimum Gasteiger partial charge on any atom is -0.357 e. The number of aliphatic imine (C=N–C) groups is 1. The molecule has 0 fully saturated rings. The van der Waals surface area contributed by atoms with Crippen molar-refractivity contribution >= 4 is 29.9 Å². The quantitative estimate of drug-likeness (QED) is 0.286. The molecule has 29 heavy (non-hydrogen) atoms. The highest BCUT2D eigenvalue weighted by Gasteiger charge is 2.06. The largest absolute Gasteiger partial charge is 0.357 e. The van der Waals surface area contributed by atoms with Crippen molar-refractivity contribution < 1.29 is 8.78 Å². The lowest BCUT2D eigenvalue weighted by atomic mass is 10.1. The third-order valence-corrected chi connectivity index (χ3v) is 4.20. The van der Waals surface area contributed by atoms with Gasteiger partial charge in [-0.05, 0) is 42.7 Å². The monoisotopic (exact) mass is 511 g/mol. The third-order valence-electron chi connectivity index (χ3n) is 4.20. The van der Waals surface area contributed by atoms with Gasteiger partial charge in [0.15, 0.2) is 5.96 Å². The molecule has 0 spiro atoms. The van der Waals surface area contributed by atoms with Crippen LogP contribution in [0.15, 0.2) is 66.2 Å². The van der Waals surface area contributed by atoms with Gasteiger partial charge in [0.25, 0.3) is 0 Å². The number of hydrogen-bond acceptors (Lipinski definition) is 2. The summed E-state index contributed by atoms with van der Waals surface area (Å²) in [6.07, 6.45) is 5.40. The molecule has 2 aromatic carbocycles. The molecule has 2 N–H and O–H groups in total. The van der Waals surface area contributed by atoms with E-state index < -0.39 is 0 Å². The summed E-state index contributed by atoms with van der Waals surface area (Å²) in [5.74, 6) is 0.0702. The SMILES string of the molecule is CCNC(=NCc1ccc(-n2ccnc2)c(F)c1)NCCc1ccccc1F.I. The van der Waals surface area contributed by atoms with Crippen LogP contribution in [-0.4, -0.2) is 28.6 Å². The molecule has 0 aliphatic heterocycles. The van der Waals surface area contributed by atoms with Crippen molar-refractivity contribution in [1.82, 2.24) is 20.2 Å². The van der Waals surface area contributed by atoms with Crippen LogP contribution in [0.1, 0.15) is 18.1 Å². The smallest absolute Gasteiger partial charge is 0.191 e. The van der Waals surface area contributed by atoms with E-state index in [1.165, 1.54) is 12.1 Å². The first-order chi connectivity index (χ1) is 13.7. The first-order valence-electron chi connectivity index (χ1n) is 9.19. The van der Waals surface area contributed by atoms with Gasteiger partial charge in [-0.15, -0.1) is 24.0 Å². The molecular formula is C21H24F2IN5. The van der Waals surface area contributed by atoms with Crippen molar-refractivity contribution in [3.05, 3.63) is 83.9 Å². The van der Waals surface area contributed by atoms with Crippen molar-refractivity contribution in [2.75, 3.05) is 13.1 Å². The number of guanidine groups is 1. The molecule has 154 valence electrons. The number of rotatable bonds is 7. The molecule has 0 unspecified atom stereocenters. The molecule has 0 radical (unpaired) electrons. The van der Waals surface area contributed by atoms with Gasteiger partial charge in [-0.2, -0.15) is 0 Å². The number of nitrogens with zero attached hydrogens (tertiary/aromatic N) is 3. The highest BCUT2D eigenvalue weighted by Crippen LogP contribution is 2.15. The summed E-state index contributed by atoms with van der Waals surface area (Å²) in [5, 5.41) is 6.32. The van der Waals surface area contributed by atoms with Gasteiger partial charge in [-0.25, -0.2) is 18.8 Å². The Balaban J connectivity index is 0.00000300. The lowest BCUT2D eigenvalue weighted by Gasteiger charge is -2.12. The second kappa shape index (κ2) is 11.5. The standard InChI is InChI=1S/C21H23F2N5.HI/c1-2-25-21(26-10-9-17-5-3-4-6-18(17)22)27-14-16-7-8-20(19(23)13-16)28-12-11-24-15-28;/h3-8,11-13,15H,2,9-10,14H2,1H3,(H2,25,26,27);1H. The van der Waals surface area contributed by atoms with Crippen LogP contribution in [0, 0.1) is 11.6 Å². The van der Waals surface area contributed by atoms with E-state index in [4.69, 9.17) is 0 Å². The fraction of sp³-hybridized carbons (Fsp3) is 0.238. The molecular weight excluding hydrogens is 487 g/mol. The van der Waals surface area contributed by atoms with Crippen LogP contribution in [0.4, 0.5) is 8.78 Å². The predicted octanol–water partition coefficient (Wildman–Crippen LogP) is 4.07. The summed E-state index contributed by atoms with van der Waals surface area (Å²) in [7, 11) is 0. The van der Waals surface area contributed by atoms with Crippen LogP contribution in [0.5, 0.6) is 0 Å². The van der Waals surface area contributed by atoms with E-state index in [2.05, 4.69) is 20.6 Å². The third kappa shape index (κ3) is 6.52. The second-order valence-corrected chi connectivity index (χ2v) is 6.22. The zero-order valence-electron chi connectivity index (χ0n) is 16.1. The predicted molar refractivity (Wildman–Crippen MR) is 122 cm³/mol. The molecule has 5 nitrogen and oxygen atoms in total. The molecule has 0 saturated heterocycles. The number of hydrogen-bond donors (Lipinski definition) is 2. The first-order valence-corrected chi connectivity index (χ1v) is 9.19. The molecule has 0 aliphatic rings. The summed E-state index contributed by atoms with van der Waals surface area (Å²) in [6, 6.07) is 11.7. The van der Waals surface area contributed by atoms with E-state index >= 15 is 0 Å². The zero-order chi connectivity index (χ0) is 19.8. The summed E-state index contributed by atoms with van der Waals surface area (Å²) in [5.41, 5.74) is 1.86. The van der Waals surface area contributed by atoms with Crippen molar-refractivity contribution in [1.29, 1.82) is 0 Å². The summed E-state index contributed by atoms with van der Waals surface area (Å²) < 4.78 is 29.7. The van der Waals surface area contributed by atoms with Crippen LogP contribution in [0.3, 0.4) is 0 Å². The van der Waals surface area contributed by atoms with Crippen LogP contribution in [0.25, 0.3) is 5.69 Å². The minimum atomic E-state index is -0.330. The van der Waals surface area contributed by atoms with Crippen molar-refractivity contribution in [2.24, 2.45) is 4.99 Å². The maximum absolute atomic E-state index is 14.4. The average Bonchev–Trinajstić information content (AvgIpc) is 3.22. The number of imidazole rings is 1. The Hall–Kier alpha value is -2.49. The fourth-order valence-corrected chi connectivity index (χ4v) is 2.79. The average molecular weight is 511 g/mol. The Morgan fingerprint density at radius 1 is 1.10 bits per heavy atom.